The van der Waals surface area contributed by atoms with Crippen molar-refractivity contribution >= 4 is 27.8 Å². The number of nitrogens with zero attached hydrogens (tertiary/aromatic N) is 1. The van der Waals surface area contributed by atoms with Gasteiger partial charge in [-0.05, 0) is 36.9 Å². The van der Waals surface area contributed by atoms with Crippen molar-refractivity contribution in [2.24, 2.45) is 0 Å². The lowest BCUT2D eigenvalue weighted by atomic mass is 10.2. The van der Waals surface area contributed by atoms with E-state index in [0.717, 1.165) is 26.9 Å². The van der Waals surface area contributed by atoms with E-state index in [-0.39, 0.29) is 5.12 Å². The molecular formula is C17H13NOS. The Bertz CT molecular complexity index is 777. The van der Waals surface area contributed by atoms with Gasteiger partial charge in [0.05, 0.1) is 5.52 Å². The zero-order valence-electron chi connectivity index (χ0n) is 11.0. The Kier molecular flexibility index (Phi) is 3.52. The average molecular weight is 279 g/mol. The minimum atomic E-state index is 0.0480. The van der Waals surface area contributed by atoms with E-state index in [1.807, 2.05) is 61.5 Å². The summed E-state index contributed by atoms with van der Waals surface area (Å²) in [6, 6.07) is 17.5. The first-order chi connectivity index (χ1) is 9.74. The van der Waals surface area contributed by atoms with Gasteiger partial charge in [-0.25, -0.2) is 0 Å². The molecule has 0 fully saturated rings. The standard InChI is InChI=1S/C17H13NOS/c1-12-5-2-7-14(11-12)17(19)20-15-9-3-6-13-8-4-10-18-16(13)15/h2-11H,1H3. The summed E-state index contributed by atoms with van der Waals surface area (Å²) in [6.07, 6.45) is 1.75. The maximum absolute atomic E-state index is 12.3. The van der Waals surface area contributed by atoms with Crippen LogP contribution in [0.25, 0.3) is 10.9 Å². The molecule has 3 aromatic rings. The predicted molar refractivity (Wildman–Crippen MR) is 83.1 cm³/mol. The summed E-state index contributed by atoms with van der Waals surface area (Å²) in [4.78, 5) is 17.6. The van der Waals surface area contributed by atoms with Crippen LogP contribution in [0, 0.1) is 6.92 Å². The molecule has 0 amide bonds. The van der Waals surface area contributed by atoms with E-state index in [0.29, 0.717) is 0 Å². The van der Waals surface area contributed by atoms with Crippen molar-refractivity contribution in [1.82, 2.24) is 4.98 Å². The number of fused-ring (bicyclic) bond motifs is 1. The third kappa shape index (κ3) is 2.58. The second-order valence-electron chi connectivity index (χ2n) is 4.59. The molecule has 0 N–H and O–H groups in total. The average Bonchev–Trinajstić information content (AvgIpc) is 2.47. The molecule has 98 valence electrons. The van der Waals surface area contributed by atoms with E-state index in [1.54, 1.807) is 6.20 Å². The number of hydrogen-bond donors (Lipinski definition) is 0. The van der Waals surface area contributed by atoms with Gasteiger partial charge >= 0.3 is 0 Å². The van der Waals surface area contributed by atoms with Crippen LogP contribution in [0.15, 0.2) is 65.7 Å². The van der Waals surface area contributed by atoms with Gasteiger partial charge in [-0.2, -0.15) is 0 Å². The number of thioether (sulfide) groups is 1. The number of aromatic nitrogens is 1. The molecule has 0 aliphatic rings. The van der Waals surface area contributed by atoms with Gasteiger partial charge in [-0.1, -0.05) is 42.0 Å². The Morgan fingerprint density at radius 3 is 2.70 bits per heavy atom. The van der Waals surface area contributed by atoms with Gasteiger partial charge in [0.2, 0.25) is 5.12 Å². The minimum absolute atomic E-state index is 0.0480. The number of carbonyl (C=O) groups excluding carboxylic acids is 1. The van der Waals surface area contributed by atoms with Crippen LogP contribution in [0.2, 0.25) is 0 Å². The molecule has 0 unspecified atom stereocenters. The molecule has 0 aliphatic heterocycles. The van der Waals surface area contributed by atoms with Crippen molar-refractivity contribution in [3.63, 3.8) is 0 Å². The van der Waals surface area contributed by atoms with E-state index in [9.17, 15) is 4.79 Å². The number of carbonyl (C=O) groups is 1. The number of aryl methyl sites for hydroxylation is 1. The lowest BCUT2D eigenvalue weighted by molar-refractivity contribution is 0.108. The van der Waals surface area contributed by atoms with Gasteiger partial charge in [-0.3, -0.25) is 9.78 Å². The molecule has 20 heavy (non-hydrogen) atoms. The lowest BCUT2D eigenvalue weighted by Crippen LogP contribution is -1.94. The van der Waals surface area contributed by atoms with Crippen molar-refractivity contribution < 1.29 is 4.79 Å². The van der Waals surface area contributed by atoms with Gasteiger partial charge < -0.3 is 0 Å². The van der Waals surface area contributed by atoms with Crippen molar-refractivity contribution in [2.45, 2.75) is 11.8 Å². The highest BCUT2D eigenvalue weighted by atomic mass is 32.2. The fourth-order valence-corrected chi connectivity index (χ4v) is 2.95. The summed E-state index contributed by atoms with van der Waals surface area (Å²) in [6.45, 7) is 1.99. The quantitative estimate of drug-likeness (QED) is 0.648. The van der Waals surface area contributed by atoms with Crippen molar-refractivity contribution in [3.05, 3.63) is 71.9 Å². The van der Waals surface area contributed by atoms with Crippen molar-refractivity contribution in [1.29, 1.82) is 0 Å². The van der Waals surface area contributed by atoms with Crippen LogP contribution < -0.4 is 0 Å². The summed E-state index contributed by atoms with van der Waals surface area (Å²) in [7, 11) is 0. The summed E-state index contributed by atoms with van der Waals surface area (Å²) in [5.74, 6) is 0. The highest BCUT2D eigenvalue weighted by Crippen LogP contribution is 2.29. The normalized spacial score (nSPS) is 10.7. The Morgan fingerprint density at radius 1 is 1.05 bits per heavy atom. The van der Waals surface area contributed by atoms with Crippen LogP contribution in [-0.4, -0.2) is 10.1 Å². The molecule has 1 heterocycles. The highest BCUT2D eigenvalue weighted by Gasteiger charge is 2.11. The van der Waals surface area contributed by atoms with Gasteiger partial charge in [0.15, 0.2) is 0 Å². The smallest absolute Gasteiger partial charge is 0.224 e. The SMILES string of the molecule is Cc1cccc(C(=O)Sc2cccc3cccnc23)c1. The zero-order chi connectivity index (χ0) is 13.9. The largest absolute Gasteiger partial charge is 0.281 e. The van der Waals surface area contributed by atoms with E-state index in [1.165, 1.54) is 11.8 Å². The van der Waals surface area contributed by atoms with E-state index >= 15 is 0 Å². The molecule has 3 rings (SSSR count). The maximum Gasteiger partial charge on any atom is 0.224 e. The lowest BCUT2D eigenvalue weighted by Gasteiger charge is -2.05. The van der Waals surface area contributed by atoms with E-state index < -0.39 is 0 Å². The Hall–Kier alpha value is -2.13. The molecule has 3 heteroatoms. The number of hydrogen-bond acceptors (Lipinski definition) is 3. The van der Waals surface area contributed by atoms with Gasteiger partial charge in [-0.15, -0.1) is 0 Å². The fraction of sp³-hybridized carbons (Fsp3) is 0.0588. The number of rotatable bonds is 2. The fourth-order valence-electron chi connectivity index (χ4n) is 2.09. The third-order valence-electron chi connectivity index (χ3n) is 3.05. The Balaban J connectivity index is 1.95. The zero-order valence-corrected chi connectivity index (χ0v) is 11.9. The molecule has 0 spiro atoms. The summed E-state index contributed by atoms with van der Waals surface area (Å²) >= 11 is 1.23. The van der Waals surface area contributed by atoms with Crippen LogP contribution in [0.4, 0.5) is 0 Å². The maximum atomic E-state index is 12.3. The highest BCUT2D eigenvalue weighted by molar-refractivity contribution is 8.14. The van der Waals surface area contributed by atoms with Crippen molar-refractivity contribution in [3.8, 4) is 0 Å². The van der Waals surface area contributed by atoms with Gasteiger partial charge in [0.1, 0.15) is 0 Å². The molecular weight excluding hydrogens is 266 g/mol. The Morgan fingerprint density at radius 2 is 1.85 bits per heavy atom. The second-order valence-corrected chi connectivity index (χ2v) is 5.61. The number of para-hydroxylation sites is 1. The second kappa shape index (κ2) is 5.47. The molecule has 0 bridgehead atoms. The van der Waals surface area contributed by atoms with Crippen LogP contribution in [0.3, 0.4) is 0 Å². The molecule has 0 saturated carbocycles. The van der Waals surface area contributed by atoms with E-state index in [4.69, 9.17) is 0 Å². The van der Waals surface area contributed by atoms with E-state index in [2.05, 4.69) is 4.98 Å². The van der Waals surface area contributed by atoms with Crippen LogP contribution in [0.1, 0.15) is 15.9 Å². The predicted octanol–water partition coefficient (Wildman–Crippen LogP) is 4.48. The molecule has 0 aliphatic carbocycles. The topological polar surface area (TPSA) is 30.0 Å². The first-order valence-corrected chi connectivity index (χ1v) is 7.18. The first kappa shape index (κ1) is 12.9. The number of pyridine rings is 1. The van der Waals surface area contributed by atoms with Crippen LogP contribution in [-0.2, 0) is 0 Å². The van der Waals surface area contributed by atoms with Crippen molar-refractivity contribution in [2.75, 3.05) is 0 Å². The minimum Gasteiger partial charge on any atom is -0.281 e. The van der Waals surface area contributed by atoms with Gasteiger partial charge in [0, 0.05) is 22.0 Å². The molecule has 0 saturated heterocycles. The molecule has 1 aromatic heterocycles. The summed E-state index contributed by atoms with van der Waals surface area (Å²) in [5, 5.41) is 1.10. The monoisotopic (exact) mass is 279 g/mol. The Labute approximate surface area is 121 Å². The molecule has 0 radical (unpaired) electrons. The molecule has 0 atom stereocenters. The summed E-state index contributed by atoms with van der Waals surface area (Å²) < 4.78 is 0. The molecule has 2 nitrogen and oxygen atoms in total. The van der Waals surface area contributed by atoms with Crippen LogP contribution >= 0.6 is 11.8 Å². The van der Waals surface area contributed by atoms with Gasteiger partial charge in [0.25, 0.3) is 0 Å². The third-order valence-corrected chi connectivity index (χ3v) is 4.02. The molecule has 2 aromatic carbocycles. The van der Waals surface area contributed by atoms with Crippen LogP contribution in [0.5, 0.6) is 0 Å². The number of benzene rings is 2. The first-order valence-electron chi connectivity index (χ1n) is 6.36. The summed E-state index contributed by atoms with van der Waals surface area (Å²) in [5.41, 5.74) is 2.69.